The fraction of sp³-hybridized carbons (Fsp3) is 0.667. The molecule has 0 aliphatic carbocycles. The zero-order valence-corrected chi connectivity index (χ0v) is 10.6. The largest absolute Gasteiger partial charge is 0.469 e. The minimum absolute atomic E-state index is 0.0886. The van der Waals surface area contributed by atoms with Crippen molar-refractivity contribution >= 4 is 22.6 Å². The maximum atomic E-state index is 12.3. The molecule has 0 aromatic carbocycles. The summed E-state index contributed by atoms with van der Waals surface area (Å²) in [5.74, 6) is -1.58. The molecule has 0 amide bonds. The van der Waals surface area contributed by atoms with E-state index in [9.17, 15) is 18.0 Å². The maximum Gasteiger partial charge on any atom is 0.452 e. The van der Waals surface area contributed by atoms with Gasteiger partial charge < -0.3 is 9.64 Å². The second-order valence-electron chi connectivity index (χ2n) is 3.30. The Kier molecular flexibility index (Phi) is 4.88. The molecule has 0 saturated heterocycles. The summed E-state index contributed by atoms with van der Waals surface area (Å²) in [4.78, 5) is 15.9. The van der Waals surface area contributed by atoms with E-state index in [2.05, 4.69) is 14.1 Å². The number of carbonyl (C=O) groups excluding carboxylic acids is 1. The molecule has 9 heteroatoms. The number of ether oxygens (including phenoxy) is 1. The Labute approximate surface area is 106 Å². The summed E-state index contributed by atoms with van der Waals surface area (Å²) < 4.78 is 44.7. The van der Waals surface area contributed by atoms with Crippen molar-refractivity contribution < 1.29 is 22.7 Å². The van der Waals surface area contributed by atoms with Crippen LogP contribution in [0, 0.1) is 0 Å². The molecule has 0 saturated carbocycles. The molecular weight excluding hydrogens is 271 g/mol. The molecule has 18 heavy (non-hydrogen) atoms. The Morgan fingerprint density at radius 3 is 2.61 bits per heavy atom. The molecule has 0 spiro atoms. The number of hydrogen-bond donors (Lipinski definition) is 0. The van der Waals surface area contributed by atoms with Crippen LogP contribution >= 0.6 is 11.5 Å². The molecule has 5 nitrogen and oxygen atoms in total. The van der Waals surface area contributed by atoms with Gasteiger partial charge in [-0.2, -0.15) is 22.5 Å². The van der Waals surface area contributed by atoms with Crippen LogP contribution in [0.3, 0.4) is 0 Å². The minimum Gasteiger partial charge on any atom is -0.469 e. The van der Waals surface area contributed by atoms with E-state index in [1.807, 2.05) is 0 Å². The molecule has 0 aliphatic rings. The van der Waals surface area contributed by atoms with Gasteiger partial charge in [0.25, 0.3) is 0 Å². The number of rotatable bonds is 5. The smallest absolute Gasteiger partial charge is 0.452 e. The molecule has 0 atom stereocenters. The van der Waals surface area contributed by atoms with Crippen LogP contribution in [0.4, 0.5) is 18.3 Å². The molecule has 1 aromatic heterocycles. The number of anilines is 1. The summed E-state index contributed by atoms with van der Waals surface area (Å²) >= 11 is 0.661. The molecule has 102 valence electrons. The van der Waals surface area contributed by atoms with Gasteiger partial charge in [-0.3, -0.25) is 4.79 Å². The standard InChI is InChI=1S/C9H12F3N3O2S/c1-3-15(5-4-6(16)17-2)8-13-7(14-18-8)9(10,11)12/h3-5H2,1-2H3. The summed E-state index contributed by atoms with van der Waals surface area (Å²) in [5, 5.41) is 0.147. The van der Waals surface area contributed by atoms with E-state index >= 15 is 0 Å². The van der Waals surface area contributed by atoms with Gasteiger partial charge in [0, 0.05) is 24.6 Å². The average Bonchev–Trinajstić information content (AvgIpc) is 2.78. The van der Waals surface area contributed by atoms with Crippen LogP contribution in [-0.2, 0) is 15.7 Å². The quantitative estimate of drug-likeness (QED) is 0.773. The first-order chi connectivity index (χ1) is 8.38. The third-order valence-electron chi connectivity index (χ3n) is 2.13. The van der Waals surface area contributed by atoms with E-state index in [4.69, 9.17) is 0 Å². The summed E-state index contributed by atoms with van der Waals surface area (Å²) in [6.45, 7) is 2.44. The van der Waals surface area contributed by atoms with Gasteiger partial charge in [-0.15, -0.1) is 0 Å². The van der Waals surface area contributed by atoms with Gasteiger partial charge in [-0.1, -0.05) is 0 Å². The van der Waals surface area contributed by atoms with Gasteiger partial charge in [0.2, 0.25) is 11.0 Å². The van der Waals surface area contributed by atoms with Crippen LogP contribution in [0.2, 0.25) is 0 Å². The summed E-state index contributed by atoms with van der Waals surface area (Å²) in [7, 11) is 1.26. The zero-order chi connectivity index (χ0) is 13.8. The van der Waals surface area contributed by atoms with E-state index in [0.717, 1.165) is 0 Å². The lowest BCUT2D eigenvalue weighted by molar-refractivity contribution is -0.144. The van der Waals surface area contributed by atoms with Crippen molar-refractivity contribution in [3.63, 3.8) is 0 Å². The van der Waals surface area contributed by atoms with Crippen LogP contribution in [0.1, 0.15) is 19.2 Å². The lowest BCUT2D eigenvalue weighted by Crippen LogP contribution is -2.26. The first-order valence-electron chi connectivity index (χ1n) is 5.11. The van der Waals surface area contributed by atoms with Gasteiger partial charge in [-0.25, -0.2) is 0 Å². The Hall–Kier alpha value is -1.38. The molecule has 0 aliphatic heterocycles. The molecular formula is C9H12F3N3O2S. The number of methoxy groups -OCH3 is 1. The van der Waals surface area contributed by atoms with Gasteiger partial charge in [-0.05, 0) is 6.92 Å². The van der Waals surface area contributed by atoms with Gasteiger partial charge in [0.1, 0.15) is 0 Å². The summed E-state index contributed by atoms with van der Waals surface area (Å²) in [6, 6.07) is 0. The number of aromatic nitrogens is 2. The lowest BCUT2D eigenvalue weighted by Gasteiger charge is -2.18. The van der Waals surface area contributed by atoms with Crippen molar-refractivity contribution in [1.29, 1.82) is 0 Å². The molecule has 0 N–H and O–H groups in total. The first-order valence-corrected chi connectivity index (χ1v) is 5.88. The van der Waals surface area contributed by atoms with Crippen molar-refractivity contribution in [3.8, 4) is 0 Å². The normalized spacial score (nSPS) is 11.4. The summed E-state index contributed by atoms with van der Waals surface area (Å²) in [5.41, 5.74) is 0. The maximum absolute atomic E-state index is 12.3. The monoisotopic (exact) mass is 283 g/mol. The number of alkyl halides is 3. The Morgan fingerprint density at radius 1 is 1.50 bits per heavy atom. The first kappa shape index (κ1) is 14.7. The molecule has 0 unspecified atom stereocenters. The second-order valence-corrected chi connectivity index (χ2v) is 4.03. The minimum atomic E-state index is -4.55. The zero-order valence-electron chi connectivity index (χ0n) is 9.82. The number of carbonyl (C=O) groups is 1. The Bertz CT molecular complexity index is 408. The van der Waals surface area contributed by atoms with Crippen molar-refractivity contribution in [2.75, 3.05) is 25.1 Å². The highest BCUT2D eigenvalue weighted by Crippen LogP contribution is 2.30. The molecule has 1 aromatic rings. The van der Waals surface area contributed by atoms with E-state index in [-0.39, 0.29) is 18.1 Å². The van der Waals surface area contributed by atoms with Gasteiger partial charge >= 0.3 is 12.1 Å². The highest BCUT2D eigenvalue weighted by molar-refractivity contribution is 7.09. The predicted octanol–water partition coefficient (Wildman–Crippen LogP) is 1.95. The second kappa shape index (κ2) is 5.98. The predicted molar refractivity (Wildman–Crippen MR) is 59.4 cm³/mol. The topological polar surface area (TPSA) is 55.3 Å². The summed E-state index contributed by atoms with van der Waals surface area (Å²) in [6.07, 6.45) is -4.46. The average molecular weight is 283 g/mol. The Balaban J connectivity index is 2.71. The fourth-order valence-electron chi connectivity index (χ4n) is 1.18. The van der Waals surface area contributed by atoms with E-state index in [0.29, 0.717) is 18.1 Å². The molecule has 0 bridgehead atoms. The Morgan fingerprint density at radius 2 is 2.17 bits per heavy atom. The van der Waals surface area contributed by atoms with Crippen LogP contribution < -0.4 is 4.90 Å². The van der Waals surface area contributed by atoms with E-state index < -0.39 is 18.0 Å². The van der Waals surface area contributed by atoms with Crippen LogP contribution in [-0.4, -0.2) is 35.5 Å². The molecule has 0 radical (unpaired) electrons. The molecule has 0 fully saturated rings. The van der Waals surface area contributed by atoms with E-state index in [1.54, 1.807) is 11.8 Å². The number of halogens is 3. The molecule has 1 heterocycles. The fourth-order valence-corrected chi connectivity index (χ4v) is 1.95. The number of nitrogens with zero attached hydrogens (tertiary/aromatic N) is 3. The van der Waals surface area contributed by atoms with Crippen molar-refractivity contribution in [1.82, 2.24) is 9.36 Å². The van der Waals surface area contributed by atoms with Crippen LogP contribution in [0.25, 0.3) is 0 Å². The van der Waals surface area contributed by atoms with Crippen molar-refractivity contribution in [2.45, 2.75) is 19.5 Å². The molecule has 1 rings (SSSR count). The highest BCUT2D eigenvalue weighted by atomic mass is 32.1. The number of hydrogen-bond acceptors (Lipinski definition) is 6. The van der Waals surface area contributed by atoms with Crippen LogP contribution in [0.5, 0.6) is 0 Å². The van der Waals surface area contributed by atoms with Gasteiger partial charge in [0.05, 0.1) is 13.5 Å². The van der Waals surface area contributed by atoms with Gasteiger partial charge in [0.15, 0.2) is 0 Å². The SMILES string of the molecule is CCN(CCC(=O)OC)c1nc(C(F)(F)F)ns1. The number of esters is 1. The lowest BCUT2D eigenvalue weighted by atomic mass is 10.4. The van der Waals surface area contributed by atoms with E-state index in [1.165, 1.54) is 7.11 Å². The highest BCUT2D eigenvalue weighted by Gasteiger charge is 2.36. The van der Waals surface area contributed by atoms with Crippen molar-refractivity contribution in [2.24, 2.45) is 0 Å². The third-order valence-corrected chi connectivity index (χ3v) is 2.91. The third kappa shape index (κ3) is 3.83. The van der Waals surface area contributed by atoms with Crippen LogP contribution in [0.15, 0.2) is 0 Å². The van der Waals surface area contributed by atoms with Crippen molar-refractivity contribution in [3.05, 3.63) is 5.82 Å².